The van der Waals surface area contributed by atoms with E-state index in [1.807, 2.05) is 13.0 Å². The molecule has 1 N–H and O–H groups in total. The summed E-state index contributed by atoms with van der Waals surface area (Å²) in [6.07, 6.45) is 7.58. The van der Waals surface area contributed by atoms with Crippen molar-refractivity contribution >= 4 is 6.29 Å². The van der Waals surface area contributed by atoms with Gasteiger partial charge in [0.15, 0.2) is 0 Å². The number of unbranched alkanes of at least 4 members (excludes halogenated alkanes) is 1. The number of aldehydes is 1. The monoisotopic (exact) mass is 156 g/mol. The number of carbonyl (C=O) groups excluding carboxylic acids is 1. The first-order valence-electron chi connectivity index (χ1n) is 4.02. The summed E-state index contributed by atoms with van der Waals surface area (Å²) >= 11 is 0. The molecule has 0 rings (SSSR count). The summed E-state index contributed by atoms with van der Waals surface area (Å²) in [6, 6.07) is 0. The number of hydrogen-bond acceptors (Lipinski definition) is 2. The van der Waals surface area contributed by atoms with Gasteiger partial charge in [0.2, 0.25) is 0 Å². The highest BCUT2D eigenvalue weighted by Crippen LogP contribution is 2.04. The van der Waals surface area contributed by atoms with E-state index in [0.717, 1.165) is 25.5 Å². The second kappa shape index (κ2) is 7.48. The largest absolute Gasteiger partial charge is 0.392 e. The van der Waals surface area contributed by atoms with Crippen LogP contribution in [0.5, 0.6) is 0 Å². The van der Waals surface area contributed by atoms with E-state index in [-0.39, 0.29) is 12.5 Å². The van der Waals surface area contributed by atoms with E-state index >= 15 is 0 Å². The summed E-state index contributed by atoms with van der Waals surface area (Å²) in [7, 11) is 0. The fraction of sp³-hybridized carbons (Fsp3) is 0.667. The zero-order chi connectivity index (χ0) is 8.53. The van der Waals surface area contributed by atoms with Crippen molar-refractivity contribution in [3.8, 4) is 0 Å². The first-order chi connectivity index (χ1) is 5.31. The summed E-state index contributed by atoms with van der Waals surface area (Å²) in [6.45, 7) is 2.03. The average molecular weight is 156 g/mol. The molecule has 0 radical (unpaired) electrons. The van der Waals surface area contributed by atoms with Crippen LogP contribution >= 0.6 is 0 Å². The second-order valence-electron chi connectivity index (χ2n) is 2.70. The summed E-state index contributed by atoms with van der Waals surface area (Å²) < 4.78 is 0. The van der Waals surface area contributed by atoms with Crippen LogP contribution in [0.1, 0.15) is 26.2 Å². The quantitative estimate of drug-likeness (QED) is 0.360. The van der Waals surface area contributed by atoms with Gasteiger partial charge in [0.25, 0.3) is 0 Å². The Morgan fingerprint density at radius 2 is 2.18 bits per heavy atom. The zero-order valence-corrected chi connectivity index (χ0v) is 6.99. The molecule has 0 aliphatic rings. The first-order valence-corrected chi connectivity index (χ1v) is 4.02. The van der Waals surface area contributed by atoms with Crippen LogP contribution in [0.4, 0.5) is 0 Å². The molecule has 11 heavy (non-hydrogen) atoms. The Morgan fingerprint density at radius 1 is 1.45 bits per heavy atom. The lowest BCUT2D eigenvalue weighted by Crippen LogP contribution is -1.94. The highest BCUT2D eigenvalue weighted by Gasteiger charge is 1.96. The van der Waals surface area contributed by atoms with Gasteiger partial charge >= 0.3 is 0 Å². The molecule has 2 nitrogen and oxygen atoms in total. The van der Waals surface area contributed by atoms with Crippen molar-refractivity contribution in [3.05, 3.63) is 12.2 Å². The van der Waals surface area contributed by atoms with Crippen molar-refractivity contribution in [1.82, 2.24) is 0 Å². The smallest absolute Gasteiger partial charge is 0.122 e. The molecule has 0 aliphatic heterocycles. The van der Waals surface area contributed by atoms with Crippen molar-refractivity contribution < 1.29 is 9.90 Å². The Balaban J connectivity index is 3.13. The van der Waals surface area contributed by atoms with Crippen molar-refractivity contribution in [1.29, 1.82) is 0 Å². The molecule has 1 unspecified atom stereocenters. The standard InChI is InChI=1S/C9H16O2/c1-9(8-11)6-4-2-3-5-7-10/h3,5,8-10H,2,4,6-7H2,1H3/b5-3+. The van der Waals surface area contributed by atoms with Crippen LogP contribution in [-0.4, -0.2) is 18.0 Å². The van der Waals surface area contributed by atoms with E-state index in [4.69, 9.17) is 5.11 Å². The van der Waals surface area contributed by atoms with E-state index < -0.39 is 0 Å². The molecule has 0 aromatic heterocycles. The molecule has 0 spiro atoms. The summed E-state index contributed by atoms with van der Waals surface area (Å²) in [5.41, 5.74) is 0. The van der Waals surface area contributed by atoms with Gasteiger partial charge in [-0.05, 0) is 19.3 Å². The maximum atomic E-state index is 10.2. The lowest BCUT2D eigenvalue weighted by atomic mass is 10.1. The van der Waals surface area contributed by atoms with Crippen molar-refractivity contribution in [2.75, 3.05) is 6.61 Å². The maximum absolute atomic E-state index is 10.2. The van der Waals surface area contributed by atoms with E-state index in [9.17, 15) is 4.79 Å². The molecule has 0 aromatic rings. The topological polar surface area (TPSA) is 37.3 Å². The third kappa shape index (κ3) is 7.26. The Hall–Kier alpha value is -0.630. The lowest BCUT2D eigenvalue weighted by molar-refractivity contribution is -0.110. The molecule has 0 saturated carbocycles. The molecule has 0 saturated heterocycles. The molecule has 0 bridgehead atoms. The molecule has 0 amide bonds. The minimum absolute atomic E-state index is 0.114. The van der Waals surface area contributed by atoms with Crippen LogP contribution in [0.2, 0.25) is 0 Å². The van der Waals surface area contributed by atoms with Gasteiger partial charge in [-0.1, -0.05) is 19.1 Å². The SMILES string of the molecule is CC(C=O)CCC/C=C/CO. The van der Waals surface area contributed by atoms with E-state index in [2.05, 4.69) is 0 Å². The minimum atomic E-state index is 0.114. The molecule has 1 atom stereocenters. The van der Waals surface area contributed by atoms with Crippen molar-refractivity contribution in [3.63, 3.8) is 0 Å². The third-order valence-corrected chi connectivity index (χ3v) is 1.53. The number of aliphatic hydroxyl groups excluding tert-OH is 1. The molecule has 0 aromatic carbocycles. The number of allylic oxidation sites excluding steroid dienone is 1. The predicted octanol–water partition coefficient (Wildman–Crippen LogP) is 1.54. The average Bonchev–Trinajstić information content (AvgIpc) is 2.04. The summed E-state index contributed by atoms with van der Waals surface area (Å²) in [4.78, 5) is 10.2. The van der Waals surface area contributed by atoms with Gasteiger partial charge < -0.3 is 9.90 Å². The predicted molar refractivity (Wildman–Crippen MR) is 45.3 cm³/mol. The van der Waals surface area contributed by atoms with Crippen molar-refractivity contribution in [2.45, 2.75) is 26.2 Å². The first kappa shape index (κ1) is 10.4. The number of hydrogen-bond donors (Lipinski definition) is 1. The Morgan fingerprint density at radius 3 is 2.73 bits per heavy atom. The number of carbonyl (C=O) groups is 1. The van der Waals surface area contributed by atoms with E-state index in [0.29, 0.717) is 0 Å². The van der Waals surface area contributed by atoms with Crippen LogP contribution in [0.15, 0.2) is 12.2 Å². The normalized spacial score (nSPS) is 13.6. The lowest BCUT2D eigenvalue weighted by Gasteiger charge is -1.99. The van der Waals surface area contributed by atoms with Crippen LogP contribution in [0, 0.1) is 5.92 Å². The molecule has 0 aliphatic carbocycles. The molecule has 0 heterocycles. The molecule has 0 fully saturated rings. The Labute approximate surface area is 67.9 Å². The second-order valence-corrected chi connectivity index (χ2v) is 2.70. The molecule has 64 valence electrons. The van der Waals surface area contributed by atoms with Gasteiger partial charge in [0.05, 0.1) is 6.61 Å². The van der Waals surface area contributed by atoms with Gasteiger partial charge in [0.1, 0.15) is 6.29 Å². The number of rotatable bonds is 6. The Kier molecular flexibility index (Phi) is 7.05. The van der Waals surface area contributed by atoms with Crippen molar-refractivity contribution in [2.24, 2.45) is 5.92 Å². The highest BCUT2D eigenvalue weighted by molar-refractivity contribution is 5.52. The van der Waals surface area contributed by atoms with Gasteiger partial charge in [-0.25, -0.2) is 0 Å². The van der Waals surface area contributed by atoms with Gasteiger partial charge in [-0.2, -0.15) is 0 Å². The molecular formula is C9H16O2. The van der Waals surface area contributed by atoms with Crippen LogP contribution in [-0.2, 0) is 4.79 Å². The van der Waals surface area contributed by atoms with Crippen LogP contribution in [0.25, 0.3) is 0 Å². The minimum Gasteiger partial charge on any atom is -0.392 e. The third-order valence-electron chi connectivity index (χ3n) is 1.53. The maximum Gasteiger partial charge on any atom is 0.122 e. The Bertz CT molecular complexity index is 119. The van der Waals surface area contributed by atoms with Gasteiger partial charge in [0, 0.05) is 5.92 Å². The van der Waals surface area contributed by atoms with Gasteiger partial charge in [-0.3, -0.25) is 0 Å². The highest BCUT2D eigenvalue weighted by atomic mass is 16.2. The van der Waals surface area contributed by atoms with Gasteiger partial charge in [-0.15, -0.1) is 0 Å². The van der Waals surface area contributed by atoms with E-state index in [1.165, 1.54) is 0 Å². The van der Waals surface area contributed by atoms with Crippen LogP contribution < -0.4 is 0 Å². The molecule has 2 heteroatoms. The number of aliphatic hydroxyl groups is 1. The summed E-state index contributed by atoms with van der Waals surface area (Å²) in [5.74, 6) is 0.178. The van der Waals surface area contributed by atoms with Crippen LogP contribution in [0.3, 0.4) is 0 Å². The fourth-order valence-electron chi connectivity index (χ4n) is 0.818. The summed E-state index contributed by atoms with van der Waals surface area (Å²) in [5, 5.41) is 8.38. The molecular weight excluding hydrogens is 140 g/mol. The zero-order valence-electron chi connectivity index (χ0n) is 6.99. The van der Waals surface area contributed by atoms with E-state index in [1.54, 1.807) is 6.08 Å². The fourth-order valence-corrected chi connectivity index (χ4v) is 0.818.